The van der Waals surface area contributed by atoms with Crippen molar-refractivity contribution in [1.82, 2.24) is 0 Å². The minimum Gasteiger partial charge on any atom is -0.0883 e. The molecule has 0 saturated carbocycles. The number of hydrogen-bond acceptors (Lipinski definition) is 0. The van der Waals surface area contributed by atoms with Crippen molar-refractivity contribution in [2.75, 3.05) is 5.33 Å². The summed E-state index contributed by atoms with van der Waals surface area (Å²) >= 11 is 3.44. The van der Waals surface area contributed by atoms with Crippen LogP contribution in [0.1, 0.15) is 59.8 Å². The summed E-state index contributed by atoms with van der Waals surface area (Å²) in [7, 11) is 0. The molecule has 0 aromatic heterocycles. The van der Waals surface area contributed by atoms with E-state index in [1.54, 1.807) is 0 Å². The van der Waals surface area contributed by atoms with Crippen molar-refractivity contribution in [3.63, 3.8) is 0 Å². The van der Waals surface area contributed by atoms with Crippen molar-refractivity contribution in [2.24, 2.45) is 5.92 Å². The maximum absolute atomic E-state index is 3.44. The lowest BCUT2D eigenvalue weighted by Crippen LogP contribution is -1.94. The molecule has 0 heterocycles. The summed E-state index contributed by atoms with van der Waals surface area (Å²) in [4.78, 5) is 0. The monoisotopic (exact) mass is 286 g/mol. The van der Waals surface area contributed by atoms with E-state index in [1.807, 2.05) is 0 Å². The van der Waals surface area contributed by atoms with Gasteiger partial charge in [0.2, 0.25) is 0 Å². The fourth-order valence-corrected chi connectivity index (χ4v) is 2.32. The Hall–Kier alpha value is -0.0400. The molecular weight excluding hydrogens is 260 g/mol. The van der Waals surface area contributed by atoms with Crippen LogP contribution in [0.4, 0.5) is 0 Å². The Kier molecular flexibility index (Phi) is 10.1. The molecule has 1 unspecified atom stereocenters. The van der Waals surface area contributed by atoms with E-state index in [0.717, 1.165) is 11.2 Å². The molecule has 1 atom stereocenters. The van der Waals surface area contributed by atoms with Gasteiger partial charge in [0.15, 0.2) is 0 Å². The molecule has 0 aromatic carbocycles. The van der Waals surface area contributed by atoms with E-state index in [4.69, 9.17) is 0 Å². The van der Waals surface area contributed by atoms with Gasteiger partial charge < -0.3 is 0 Å². The highest BCUT2D eigenvalue weighted by Gasteiger charge is 2.01. The summed E-state index contributed by atoms with van der Waals surface area (Å²) in [5.74, 6) is 0.868. The zero-order valence-corrected chi connectivity index (χ0v) is 12.9. The third-order valence-corrected chi connectivity index (χ3v) is 3.23. The van der Waals surface area contributed by atoms with E-state index in [0.29, 0.717) is 0 Å². The molecule has 16 heavy (non-hydrogen) atoms. The van der Waals surface area contributed by atoms with Crippen molar-refractivity contribution in [2.45, 2.75) is 59.8 Å². The predicted molar refractivity (Wildman–Crippen MR) is 79.2 cm³/mol. The van der Waals surface area contributed by atoms with E-state index in [-0.39, 0.29) is 0 Å². The third-order valence-electron chi connectivity index (χ3n) is 2.91. The second kappa shape index (κ2) is 10.1. The zero-order chi connectivity index (χ0) is 12.4. The van der Waals surface area contributed by atoms with Crippen LogP contribution in [0.25, 0.3) is 0 Å². The van der Waals surface area contributed by atoms with Crippen LogP contribution >= 0.6 is 15.9 Å². The SMILES string of the molecule is CC(C)=CCCC(C)CCCC(C)=CCBr. The van der Waals surface area contributed by atoms with E-state index in [9.17, 15) is 0 Å². The summed E-state index contributed by atoms with van der Waals surface area (Å²) in [5.41, 5.74) is 2.97. The molecule has 0 nitrogen and oxygen atoms in total. The van der Waals surface area contributed by atoms with E-state index >= 15 is 0 Å². The third kappa shape index (κ3) is 10.5. The Balaban J connectivity index is 3.54. The first-order valence-electron chi connectivity index (χ1n) is 6.41. The van der Waals surface area contributed by atoms with Crippen LogP contribution in [0.5, 0.6) is 0 Å². The Morgan fingerprint density at radius 1 is 1.12 bits per heavy atom. The lowest BCUT2D eigenvalue weighted by molar-refractivity contribution is 0.478. The molecule has 0 fully saturated rings. The molecule has 0 aliphatic carbocycles. The highest BCUT2D eigenvalue weighted by molar-refractivity contribution is 9.09. The highest BCUT2D eigenvalue weighted by Crippen LogP contribution is 2.17. The van der Waals surface area contributed by atoms with Gasteiger partial charge in [0.05, 0.1) is 0 Å². The van der Waals surface area contributed by atoms with Crippen molar-refractivity contribution < 1.29 is 0 Å². The Morgan fingerprint density at radius 2 is 1.81 bits per heavy atom. The van der Waals surface area contributed by atoms with Crippen molar-refractivity contribution in [3.8, 4) is 0 Å². The number of hydrogen-bond donors (Lipinski definition) is 0. The second-order valence-corrected chi connectivity index (χ2v) is 5.71. The quantitative estimate of drug-likeness (QED) is 0.386. The first-order valence-corrected chi connectivity index (χ1v) is 7.53. The summed E-state index contributed by atoms with van der Waals surface area (Å²) in [5, 5.41) is 0.995. The number of alkyl halides is 1. The molecule has 0 aliphatic heterocycles. The van der Waals surface area contributed by atoms with Crippen LogP contribution in [0.15, 0.2) is 23.3 Å². The molecule has 0 bridgehead atoms. The Bertz CT molecular complexity index is 222. The fourth-order valence-electron chi connectivity index (χ4n) is 1.76. The minimum atomic E-state index is 0.868. The first kappa shape index (κ1) is 16.0. The van der Waals surface area contributed by atoms with Crippen molar-refractivity contribution in [3.05, 3.63) is 23.3 Å². The van der Waals surface area contributed by atoms with Gasteiger partial charge >= 0.3 is 0 Å². The zero-order valence-electron chi connectivity index (χ0n) is 11.4. The molecule has 0 N–H and O–H groups in total. The molecule has 0 rings (SSSR count). The molecule has 0 aromatic rings. The molecule has 94 valence electrons. The summed E-state index contributed by atoms with van der Waals surface area (Å²) in [6.45, 7) is 8.97. The van der Waals surface area contributed by atoms with E-state index in [2.05, 4.69) is 55.8 Å². The average molecular weight is 287 g/mol. The average Bonchev–Trinajstić information content (AvgIpc) is 2.17. The van der Waals surface area contributed by atoms with E-state index in [1.165, 1.54) is 43.3 Å². The number of allylic oxidation sites excluding steroid dienone is 4. The summed E-state index contributed by atoms with van der Waals surface area (Å²) in [6, 6.07) is 0. The summed E-state index contributed by atoms with van der Waals surface area (Å²) in [6.07, 6.45) is 11.2. The Labute approximate surface area is 110 Å². The second-order valence-electron chi connectivity index (χ2n) is 5.06. The molecular formula is C15H27Br. The van der Waals surface area contributed by atoms with Gasteiger partial charge in [0.1, 0.15) is 0 Å². The van der Waals surface area contributed by atoms with Gasteiger partial charge in [0, 0.05) is 5.33 Å². The molecule has 0 spiro atoms. The standard InChI is InChI=1S/C15H27Br/c1-13(2)7-5-8-14(3)9-6-10-15(4)11-12-16/h7,11,14H,5-6,8-10,12H2,1-4H3. The minimum absolute atomic E-state index is 0.868. The molecule has 0 radical (unpaired) electrons. The van der Waals surface area contributed by atoms with Gasteiger partial charge in [0.25, 0.3) is 0 Å². The van der Waals surface area contributed by atoms with Crippen LogP contribution in [-0.2, 0) is 0 Å². The van der Waals surface area contributed by atoms with Gasteiger partial charge in [-0.1, -0.05) is 52.6 Å². The topological polar surface area (TPSA) is 0 Å². The normalized spacial score (nSPS) is 13.7. The van der Waals surface area contributed by atoms with Crippen LogP contribution in [0, 0.1) is 5.92 Å². The molecule has 1 heteroatoms. The van der Waals surface area contributed by atoms with Crippen LogP contribution in [-0.4, -0.2) is 5.33 Å². The van der Waals surface area contributed by atoms with Gasteiger partial charge in [-0.15, -0.1) is 0 Å². The lowest BCUT2D eigenvalue weighted by atomic mass is 9.97. The fraction of sp³-hybridized carbons (Fsp3) is 0.733. The lowest BCUT2D eigenvalue weighted by Gasteiger charge is -2.10. The molecule has 0 saturated heterocycles. The predicted octanol–water partition coefficient (Wildman–Crippen LogP) is 5.88. The summed E-state index contributed by atoms with van der Waals surface area (Å²) < 4.78 is 0. The largest absolute Gasteiger partial charge is 0.0883 e. The number of rotatable bonds is 8. The van der Waals surface area contributed by atoms with E-state index < -0.39 is 0 Å². The number of halogens is 1. The van der Waals surface area contributed by atoms with Crippen molar-refractivity contribution >= 4 is 15.9 Å². The van der Waals surface area contributed by atoms with Gasteiger partial charge in [-0.2, -0.15) is 0 Å². The van der Waals surface area contributed by atoms with Crippen LogP contribution < -0.4 is 0 Å². The van der Waals surface area contributed by atoms with Gasteiger partial charge in [-0.05, 0) is 52.4 Å². The van der Waals surface area contributed by atoms with Gasteiger partial charge in [-0.3, -0.25) is 0 Å². The molecule has 0 amide bonds. The highest BCUT2D eigenvalue weighted by atomic mass is 79.9. The van der Waals surface area contributed by atoms with Crippen molar-refractivity contribution in [1.29, 1.82) is 0 Å². The Morgan fingerprint density at radius 3 is 2.38 bits per heavy atom. The van der Waals surface area contributed by atoms with Crippen LogP contribution in [0.2, 0.25) is 0 Å². The maximum atomic E-state index is 3.44. The van der Waals surface area contributed by atoms with Crippen LogP contribution in [0.3, 0.4) is 0 Å². The smallest absolute Gasteiger partial charge is 0.0214 e. The first-order chi connectivity index (χ1) is 7.56. The maximum Gasteiger partial charge on any atom is 0.0214 e. The molecule has 0 aliphatic rings. The van der Waals surface area contributed by atoms with Gasteiger partial charge in [-0.25, -0.2) is 0 Å².